The first kappa shape index (κ1) is 14.9. The maximum absolute atomic E-state index is 12.3. The molecule has 7 heteroatoms. The Labute approximate surface area is 121 Å². The third kappa shape index (κ3) is 2.83. The van der Waals surface area contributed by atoms with Crippen molar-refractivity contribution in [1.82, 2.24) is 4.90 Å². The van der Waals surface area contributed by atoms with E-state index in [1.54, 1.807) is 11.0 Å². The zero-order valence-electron chi connectivity index (χ0n) is 11.6. The lowest BCUT2D eigenvalue weighted by atomic mass is 10.0. The number of nitro groups is 1. The smallest absolute Gasteiger partial charge is 0.324 e. The van der Waals surface area contributed by atoms with Crippen molar-refractivity contribution in [3.05, 3.63) is 27.1 Å². The van der Waals surface area contributed by atoms with Gasteiger partial charge in [-0.1, -0.05) is 11.3 Å². The normalized spacial score (nSPS) is 24.0. The molecule has 0 saturated carbocycles. The van der Waals surface area contributed by atoms with E-state index in [1.165, 1.54) is 6.07 Å². The fourth-order valence-corrected chi connectivity index (χ4v) is 3.69. The van der Waals surface area contributed by atoms with Gasteiger partial charge in [0.1, 0.15) is 0 Å². The number of amides is 1. The second-order valence-corrected chi connectivity index (χ2v) is 6.42. The summed E-state index contributed by atoms with van der Waals surface area (Å²) in [5.74, 6) is 0.0778. The van der Waals surface area contributed by atoms with Gasteiger partial charge in [-0.2, -0.15) is 0 Å². The maximum Gasteiger partial charge on any atom is 0.324 e. The fraction of sp³-hybridized carbons (Fsp3) is 0.615. The van der Waals surface area contributed by atoms with Gasteiger partial charge in [-0.05, 0) is 32.8 Å². The van der Waals surface area contributed by atoms with Crippen LogP contribution in [-0.4, -0.2) is 27.8 Å². The maximum atomic E-state index is 12.3. The second-order valence-electron chi connectivity index (χ2n) is 5.33. The van der Waals surface area contributed by atoms with Gasteiger partial charge in [0.05, 0.1) is 11.0 Å². The summed E-state index contributed by atoms with van der Waals surface area (Å²) in [6, 6.07) is 2.80. The van der Waals surface area contributed by atoms with Crippen molar-refractivity contribution < 1.29 is 9.72 Å². The summed E-state index contributed by atoms with van der Waals surface area (Å²) in [6.07, 6.45) is 2.02. The fourth-order valence-electron chi connectivity index (χ4n) is 2.69. The van der Waals surface area contributed by atoms with Crippen LogP contribution in [0, 0.1) is 10.1 Å². The van der Waals surface area contributed by atoms with E-state index in [2.05, 4.69) is 0 Å². The lowest BCUT2D eigenvalue weighted by Gasteiger charge is -2.35. The van der Waals surface area contributed by atoms with E-state index in [0.29, 0.717) is 6.42 Å². The summed E-state index contributed by atoms with van der Waals surface area (Å²) in [6.45, 7) is 3.90. The van der Waals surface area contributed by atoms with Crippen LogP contribution < -0.4 is 5.73 Å². The highest BCUT2D eigenvalue weighted by atomic mass is 32.1. The van der Waals surface area contributed by atoms with Gasteiger partial charge in [0.25, 0.3) is 0 Å². The predicted octanol–water partition coefficient (Wildman–Crippen LogP) is 2.45. The summed E-state index contributed by atoms with van der Waals surface area (Å²) >= 11 is 1.11. The number of nitrogens with zero attached hydrogens (tertiary/aromatic N) is 2. The van der Waals surface area contributed by atoms with Crippen LogP contribution in [0.4, 0.5) is 5.00 Å². The van der Waals surface area contributed by atoms with Gasteiger partial charge in [0.2, 0.25) is 5.91 Å². The van der Waals surface area contributed by atoms with Gasteiger partial charge in [-0.25, -0.2) is 0 Å². The zero-order chi connectivity index (χ0) is 14.9. The van der Waals surface area contributed by atoms with Gasteiger partial charge in [-0.15, -0.1) is 0 Å². The lowest BCUT2D eigenvalue weighted by molar-refractivity contribution is -0.380. The molecule has 2 rings (SSSR count). The molecule has 20 heavy (non-hydrogen) atoms. The average Bonchev–Trinajstić information content (AvgIpc) is 2.78. The van der Waals surface area contributed by atoms with Gasteiger partial charge >= 0.3 is 5.00 Å². The molecule has 2 unspecified atom stereocenters. The first-order valence-corrected chi connectivity index (χ1v) is 7.54. The van der Waals surface area contributed by atoms with Crippen LogP contribution in [0.2, 0.25) is 0 Å². The van der Waals surface area contributed by atoms with E-state index < -0.39 is 4.92 Å². The van der Waals surface area contributed by atoms with Gasteiger partial charge in [0.15, 0.2) is 0 Å². The Kier molecular flexibility index (Phi) is 4.39. The number of rotatable bonds is 3. The zero-order valence-corrected chi connectivity index (χ0v) is 12.4. The number of likely N-dealkylation sites (tertiary alicyclic amines) is 1. The van der Waals surface area contributed by atoms with E-state index in [-0.39, 0.29) is 29.0 Å². The number of hydrogen-bond donors (Lipinski definition) is 1. The van der Waals surface area contributed by atoms with E-state index in [0.717, 1.165) is 29.1 Å². The van der Waals surface area contributed by atoms with Crippen LogP contribution in [0.15, 0.2) is 12.1 Å². The molecule has 1 amide bonds. The van der Waals surface area contributed by atoms with Gasteiger partial charge in [0, 0.05) is 29.4 Å². The molecule has 0 aromatic carbocycles. The summed E-state index contributed by atoms with van der Waals surface area (Å²) in [4.78, 5) is 25.3. The molecule has 110 valence electrons. The first-order valence-electron chi connectivity index (χ1n) is 6.72. The SMILES string of the molecule is CC(C)N1C(=O)CCCC(N)C1c1ccc([N+](=O)[O-])s1. The lowest BCUT2D eigenvalue weighted by Crippen LogP contribution is -2.45. The minimum Gasteiger partial charge on any atom is -0.331 e. The second kappa shape index (κ2) is 5.88. The van der Waals surface area contributed by atoms with E-state index in [9.17, 15) is 14.9 Å². The molecule has 1 saturated heterocycles. The Balaban J connectivity index is 2.40. The van der Waals surface area contributed by atoms with Crippen molar-refractivity contribution in [2.45, 2.75) is 51.2 Å². The molecule has 2 atom stereocenters. The summed E-state index contributed by atoms with van der Waals surface area (Å²) < 4.78 is 0. The van der Waals surface area contributed by atoms with Crippen LogP contribution in [0.5, 0.6) is 0 Å². The van der Waals surface area contributed by atoms with Gasteiger partial charge in [-0.3, -0.25) is 14.9 Å². The molecule has 1 fully saturated rings. The minimum atomic E-state index is -0.405. The van der Waals surface area contributed by atoms with E-state index in [1.807, 2.05) is 13.8 Å². The number of nitrogens with two attached hydrogens (primary N) is 1. The highest BCUT2D eigenvalue weighted by Gasteiger charge is 2.35. The monoisotopic (exact) mass is 297 g/mol. The van der Waals surface area contributed by atoms with Crippen molar-refractivity contribution in [3.8, 4) is 0 Å². The molecule has 1 aliphatic heterocycles. The number of carbonyl (C=O) groups is 1. The molecule has 0 bridgehead atoms. The average molecular weight is 297 g/mol. The van der Waals surface area contributed by atoms with Crippen molar-refractivity contribution in [2.75, 3.05) is 0 Å². The molecule has 2 N–H and O–H groups in total. The number of hydrogen-bond acceptors (Lipinski definition) is 5. The molecule has 0 spiro atoms. The van der Waals surface area contributed by atoms with Crippen molar-refractivity contribution in [1.29, 1.82) is 0 Å². The molecular formula is C13H19N3O3S. The minimum absolute atomic E-state index is 0.0257. The highest BCUT2D eigenvalue weighted by Crippen LogP contribution is 2.37. The van der Waals surface area contributed by atoms with Crippen LogP contribution in [0.1, 0.15) is 44.0 Å². The summed E-state index contributed by atoms with van der Waals surface area (Å²) in [7, 11) is 0. The Hall–Kier alpha value is -1.47. The van der Waals surface area contributed by atoms with E-state index in [4.69, 9.17) is 5.73 Å². The molecule has 1 aromatic heterocycles. The van der Waals surface area contributed by atoms with Crippen LogP contribution in [0.3, 0.4) is 0 Å². The number of carbonyl (C=O) groups excluding carboxylic acids is 1. The molecule has 1 aliphatic rings. The molecular weight excluding hydrogens is 278 g/mol. The molecule has 1 aromatic rings. The Bertz CT molecular complexity index is 515. The molecule has 0 radical (unpaired) electrons. The molecule has 0 aliphatic carbocycles. The third-order valence-electron chi connectivity index (χ3n) is 3.56. The summed E-state index contributed by atoms with van der Waals surface area (Å²) in [5.41, 5.74) is 6.23. The van der Waals surface area contributed by atoms with Crippen molar-refractivity contribution in [2.24, 2.45) is 5.73 Å². The van der Waals surface area contributed by atoms with Crippen LogP contribution in [-0.2, 0) is 4.79 Å². The first-order chi connectivity index (χ1) is 9.41. The van der Waals surface area contributed by atoms with Crippen LogP contribution in [0.25, 0.3) is 0 Å². The van der Waals surface area contributed by atoms with Crippen molar-refractivity contribution in [3.63, 3.8) is 0 Å². The third-order valence-corrected chi connectivity index (χ3v) is 4.67. The standard InChI is InChI=1S/C13H19N3O3S/c1-8(2)15-11(17)5-3-4-9(14)13(15)10-6-7-12(20-10)16(18)19/h6-9,13H,3-5,14H2,1-2H3. The van der Waals surface area contributed by atoms with Crippen molar-refractivity contribution >= 4 is 22.2 Å². The molecule has 2 heterocycles. The van der Waals surface area contributed by atoms with E-state index >= 15 is 0 Å². The predicted molar refractivity (Wildman–Crippen MR) is 77.5 cm³/mol. The highest BCUT2D eigenvalue weighted by molar-refractivity contribution is 7.15. The topological polar surface area (TPSA) is 89.5 Å². The van der Waals surface area contributed by atoms with Gasteiger partial charge < -0.3 is 10.6 Å². The molecule has 6 nitrogen and oxygen atoms in total. The Morgan fingerprint density at radius 1 is 1.50 bits per heavy atom. The number of thiophene rings is 1. The largest absolute Gasteiger partial charge is 0.331 e. The Morgan fingerprint density at radius 3 is 2.75 bits per heavy atom. The van der Waals surface area contributed by atoms with Crippen LogP contribution >= 0.6 is 11.3 Å². The quantitative estimate of drug-likeness (QED) is 0.685. The Morgan fingerprint density at radius 2 is 2.20 bits per heavy atom. The summed E-state index contributed by atoms with van der Waals surface area (Å²) in [5, 5.41) is 10.9.